The molecule has 3 aromatic heterocycles. The lowest BCUT2D eigenvalue weighted by Gasteiger charge is -2.27. The zero-order valence-electron chi connectivity index (χ0n) is 25.1. The van der Waals surface area contributed by atoms with Gasteiger partial charge in [-0.25, -0.2) is 15.0 Å². The van der Waals surface area contributed by atoms with E-state index in [2.05, 4.69) is 53.1 Å². The second kappa shape index (κ2) is 11.2. The van der Waals surface area contributed by atoms with Crippen LogP contribution in [0, 0.1) is 31.1 Å². The summed E-state index contributed by atoms with van der Waals surface area (Å²) in [5.41, 5.74) is 3.98. The van der Waals surface area contributed by atoms with E-state index in [4.69, 9.17) is 4.74 Å². The Balaban J connectivity index is 1.23. The molecule has 5 heterocycles. The Kier molecular flexibility index (Phi) is 7.25. The number of rotatable bonds is 4. The van der Waals surface area contributed by atoms with Crippen LogP contribution in [0.25, 0.3) is 22.0 Å². The van der Waals surface area contributed by atoms with Crippen LogP contribution in [0.15, 0.2) is 41.3 Å². The number of ether oxygens (including phenoxy) is 1. The zero-order chi connectivity index (χ0) is 31.5. The van der Waals surface area contributed by atoms with Gasteiger partial charge in [0.05, 0.1) is 12.1 Å². The largest absolute Gasteiger partial charge is 0.364 e. The summed E-state index contributed by atoms with van der Waals surface area (Å²) in [5, 5.41) is 8.25. The van der Waals surface area contributed by atoms with Gasteiger partial charge in [-0.3, -0.25) is 19.1 Å². The van der Waals surface area contributed by atoms with Crippen molar-refractivity contribution in [3.05, 3.63) is 63.9 Å². The summed E-state index contributed by atoms with van der Waals surface area (Å²) in [7, 11) is 0. The fraction of sp³-hybridized carbons (Fsp3) is 0.364. The van der Waals surface area contributed by atoms with Crippen LogP contribution in [-0.2, 0) is 27.5 Å². The molecule has 3 aliphatic rings. The summed E-state index contributed by atoms with van der Waals surface area (Å²) < 4.78 is 7.89. The monoisotopic (exact) mass is 667 g/mol. The summed E-state index contributed by atoms with van der Waals surface area (Å²) in [6, 6.07) is 6.69. The van der Waals surface area contributed by atoms with Crippen LogP contribution in [0.2, 0.25) is 0 Å². The second-order valence-corrected chi connectivity index (χ2v) is 12.8. The maximum absolute atomic E-state index is 14.2. The standard InChI is InChI=1S/C33H30BrN7O4/c1-18-10-22(23-14-35-20(3)36-15-23)11-24-29(19(2)42)39-40(30(18)24)16-28(43)41-25-12-33(13-26(33)41)8-4-5-9-45-17-21-6-7-27(34)37-31(21)38-32(25)44/h6-7,10-11,14-15,25-26H,8-9,12-13,16-17H2,1-3H3,(H,37,38,44)/t25?,26?,33-/m0/s1. The Labute approximate surface area is 267 Å². The number of hydrogen-bond acceptors (Lipinski definition) is 8. The maximum atomic E-state index is 14.2. The highest BCUT2D eigenvalue weighted by Gasteiger charge is 2.66. The van der Waals surface area contributed by atoms with Gasteiger partial charge in [0, 0.05) is 53.7 Å². The zero-order valence-corrected chi connectivity index (χ0v) is 26.6. The number of amides is 2. The number of benzene rings is 1. The molecule has 1 spiro atoms. The van der Waals surface area contributed by atoms with Gasteiger partial charge < -0.3 is 15.0 Å². The molecule has 1 aromatic carbocycles. The molecule has 2 amide bonds. The number of nitrogens with zero attached hydrogens (tertiary/aromatic N) is 6. The minimum Gasteiger partial charge on any atom is -0.364 e. The summed E-state index contributed by atoms with van der Waals surface area (Å²) in [4.78, 5) is 55.5. The number of nitrogens with one attached hydrogen (secondary N) is 1. The van der Waals surface area contributed by atoms with Crippen molar-refractivity contribution in [1.82, 2.24) is 29.6 Å². The molecule has 0 radical (unpaired) electrons. The van der Waals surface area contributed by atoms with Crippen molar-refractivity contribution in [1.29, 1.82) is 0 Å². The van der Waals surface area contributed by atoms with E-state index in [0.29, 0.717) is 40.0 Å². The molecule has 11 nitrogen and oxygen atoms in total. The molecule has 2 bridgehead atoms. The molecule has 1 N–H and O–H groups in total. The quantitative estimate of drug-likeness (QED) is 0.193. The average molecular weight is 669 g/mol. The molecule has 1 saturated carbocycles. The van der Waals surface area contributed by atoms with Gasteiger partial charge in [0.15, 0.2) is 5.78 Å². The minimum absolute atomic E-state index is 0.114. The Bertz CT molecular complexity index is 1960. The molecule has 3 atom stereocenters. The highest BCUT2D eigenvalue weighted by atomic mass is 79.9. The highest BCUT2D eigenvalue weighted by Crippen LogP contribution is 2.61. The predicted octanol–water partition coefficient (Wildman–Crippen LogP) is 4.39. The van der Waals surface area contributed by atoms with Crippen molar-refractivity contribution >= 4 is 50.2 Å². The molecule has 7 rings (SSSR count). The topological polar surface area (TPSA) is 132 Å². The first-order valence-corrected chi connectivity index (χ1v) is 15.5. The average Bonchev–Trinajstić information content (AvgIpc) is 3.40. The number of aryl methyl sites for hydroxylation is 2. The lowest BCUT2D eigenvalue weighted by molar-refractivity contribution is -0.138. The third-order valence-corrected chi connectivity index (χ3v) is 9.40. The van der Waals surface area contributed by atoms with Crippen LogP contribution < -0.4 is 5.32 Å². The van der Waals surface area contributed by atoms with Gasteiger partial charge >= 0.3 is 0 Å². The van der Waals surface area contributed by atoms with Crippen LogP contribution in [0.5, 0.6) is 0 Å². The molecule has 2 aliphatic heterocycles. The van der Waals surface area contributed by atoms with Gasteiger partial charge in [-0.15, -0.1) is 5.92 Å². The molecular weight excluding hydrogens is 638 g/mol. The first-order chi connectivity index (χ1) is 21.6. The smallest absolute Gasteiger partial charge is 0.248 e. The summed E-state index contributed by atoms with van der Waals surface area (Å²) in [6.07, 6.45) is 5.36. The molecule has 45 heavy (non-hydrogen) atoms. The van der Waals surface area contributed by atoms with E-state index in [-0.39, 0.29) is 54.5 Å². The van der Waals surface area contributed by atoms with Crippen molar-refractivity contribution in [3.63, 3.8) is 0 Å². The molecule has 1 aliphatic carbocycles. The Morgan fingerprint density at radius 1 is 1.13 bits per heavy atom. The van der Waals surface area contributed by atoms with E-state index in [1.807, 2.05) is 32.0 Å². The number of carbonyl (C=O) groups is 3. The summed E-state index contributed by atoms with van der Waals surface area (Å²) in [5.74, 6) is 6.63. The van der Waals surface area contributed by atoms with Crippen molar-refractivity contribution in [2.45, 2.75) is 65.3 Å². The normalized spacial score (nSPS) is 22.2. The maximum Gasteiger partial charge on any atom is 0.248 e. The fourth-order valence-electron chi connectivity index (χ4n) is 6.68. The first kappa shape index (κ1) is 29.3. The molecule has 2 fully saturated rings. The Morgan fingerprint density at radius 3 is 2.71 bits per heavy atom. The molecule has 4 aromatic rings. The Morgan fingerprint density at radius 2 is 1.93 bits per heavy atom. The number of fused-ring (bicyclic) bond motifs is 3. The number of aromatic nitrogens is 5. The fourth-order valence-corrected chi connectivity index (χ4v) is 6.99. The number of ketones is 1. The lowest BCUT2D eigenvalue weighted by Crippen LogP contribution is -2.47. The van der Waals surface area contributed by atoms with Gasteiger partial charge in [-0.2, -0.15) is 5.10 Å². The van der Waals surface area contributed by atoms with Crippen LogP contribution >= 0.6 is 15.9 Å². The van der Waals surface area contributed by atoms with E-state index in [1.165, 1.54) is 6.92 Å². The van der Waals surface area contributed by atoms with E-state index in [0.717, 1.165) is 28.7 Å². The number of pyridine rings is 1. The van der Waals surface area contributed by atoms with Crippen LogP contribution in [-0.4, -0.2) is 65.9 Å². The molecule has 1 saturated heterocycles. The van der Waals surface area contributed by atoms with E-state index in [9.17, 15) is 14.4 Å². The highest BCUT2D eigenvalue weighted by molar-refractivity contribution is 9.10. The van der Waals surface area contributed by atoms with Crippen molar-refractivity contribution in [2.24, 2.45) is 5.41 Å². The van der Waals surface area contributed by atoms with Crippen molar-refractivity contribution < 1.29 is 19.1 Å². The summed E-state index contributed by atoms with van der Waals surface area (Å²) in [6.45, 7) is 5.61. The van der Waals surface area contributed by atoms with E-state index in [1.54, 1.807) is 28.0 Å². The van der Waals surface area contributed by atoms with Crippen molar-refractivity contribution in [2.75, 3.05) is 11.9 Å². The molecule has 228 valence electrons. The van der Waals surface area contributed by atoms with Gasteiger partial charge in [-0.05, 0) is 71.9 Å². The van der Waals surface area contributed by atoms with Crippen molar-refractivity contribution in [3.8, 4) is 23.0 Å². The third kappa shape index (κ3) is 5.30. The minimum atomic E-state index is -0.698. The summed E-state index contributed by atoms with van der Waals surface area (Å²) >= 11 is 3.39. The van der Waals surface area contributed by atoms with Gasteiger partial charge in [0.1, 0.15) is 41.1 Å². The number of halogens is 1. The number of Topliss-reactive ketones (excluding diaryl/α,β-unsaturated/α-hetero) is 1. The van der Waals surface area contributed by atoms with E-state index >= 15 is 0 Å². The molecule has 2 unspecified atom stereocenters. The van der Waals surface area contributed by atoms with Gasteiger partial charge in [-0.1, -0.05) is 12.0 Å². The van der Waals surface area contributed by atoms with Gasteiger partial charge in [0.25, 0.3) is 0 Å². The number of piperidine rings is 1. The second-order valence-electron chi connectivity index (χ2n) is 12.0. The van der Waals surface area contributed by atoms with Crippen LogP contribution in [0.4, 0.5) is 5.82 Å². The predicted molar refractivity (Wildman–Crippen MR) is 169 cm³/mol. The molecular formula is C33H30BrN7O4. The third-order valence-electron chi connectivity index (χ3n) is 8.96. The van der Waals surface area contributed by atoms with Crippen LogP contribution in [0.3, 0.4) is 0 Å². The first-order valence-electron chi connectivity index (χ1n) is 14.8. The van der Waals surface area contributed by atoms with Gasteiger partial charge in [0.2, 0.25) is 11.8 Å². The number of likely N-dealkylation sites (tertiary alicyclic amines) is 1. The van der Waals surface area contributed by atoms with E-state index < -0.39 is 6.04 Å². The number of anilines is 1. The number of hydrogen-bond donors (Lipinski definition) is 1. The molecule has 12 heteroatoms. The SMILES string of the molecule is CC(=O)c1nn(CC(=O)N2C3C[C@@]4(CC#CCOCc5ccc(Br)nc5NC3=O)CC24)c2c(C)cc(-c3cnc(C)nc3)cc12. The Hall–Kier alpha value is -4.47. The lowest BCUT2D eigenvalue weighted by atomic mass is 9.95. The number of carbonyl (C=O) groups excluding carboxylic acids is 3. The van der Waals surface area contributed by atoms with Crippen LogP contribution in [0.1, 0.15) is 53.6 Å².